The molecule has 4 rings (SSSR count). The molecule has 18 heavy (non-hydrogen) atoms. The van der Waals surface area contributed by atoms with Gasteiger partial charge in [-0.05, 0) is 38.5 Å². The summed E-state index contributed by atoms with van der Waals surface area (Å²) in [4.78, 5) is 0. The number of rotatable bonds is 0. The van der Waals surface area contributed by atoms with Crippen LogP contribution in [-0.4, -0.2) is 35.6 Å². The highest BCUT2D eigenvalue weighted by atomic mass is 16.6. The average Bonchev–Trinajstić information content (AvgIpc) is 3.14. The monoisotopic (exact) mass is 252 g/mol. The summed E-state index contributed by atoms with van der Waals surface area (Å²) in [7, 11) is 0. The van der Waals surface area contributed by atoms with Gasteiger partial charge in [-0.1, -0.05) is 13.8 Å². The van der Waals surface area contributed by atoms with E-state index < -0.39 is 0 Å². The summed E-state index contributed by atoms with van der Waals surface area (Å²) in [6.45, 7) is 9.15. The molecule has 3 nitrogen and oxygen atoms in total. The number of fused-ring (bicyclic) bond motifs is 3. The van der Waals surface area contributed by atoms with Gasteiger partial charge in [-0.3, -0.25) is 0 Å². The molecule has 0 aromatic heterocycles. The van der Waals surface area contributed by atoms with Gasteiger partial charge in [0.05, 0.1) is 35.6 Å². The molecule has 6 atom stereocenters. The summed E-state index contributed by atoms with van der Waals surface area (Å²) in [6, 6.07) is 0. The Morgan fingerprint density at radius 3 is 2.39 bits per heavy atom. The summed E-state index contributed by atoms with van der Waals surface area (Å²) in [5.41, 5.74) is 0.428. The van der Waals surface area contributed by atoms with Crippen LogP contribution >= 0.6 is 0 Å². The summed E-state index contributed by atoms with van der Waals surface area (Å²) in [5, 5.41) is 0. The second-order valence-corrected chi connectivity index (χ2v) is 7.87. The number of hydrogen-bond acceptors (Lipinski definition) is 3. The summed E-state index contributed by atoms with van der Waals surface area (Å²) >= 11 is 0. The highest BCUT2D eigenvalue weighted by Crippen LogP contribution is 2.56. The lowest BCUT2D eigenvalue weighted by atomic mass is 9.80. The average molecular weight is 252 g/mol. The lowest BCUT2D eigenvalue weighted by molar-refractivity contribution is 0.200. The molecule has 3 aliphatic heterocycles. The van der Waals surface area contributed by atoms with Gasteiger partial charge in [-0.15, -0.1) is 0 Å². The number of ether oxygens (including phenoxy) is 3. The zero-order valence-electron chi connectivity index (χ0n) is 11.9. The van der Waals surface area contributed by atoms with Gasteiger partial charge in [-0.2, -0.15) is 0 Å². The van der Waals surface area contributed by atoms with Crippen LogP contribution in [0.3, 0.4) is 0 Å². The Balaban J connectivity index is 1.56. The molecule has 3 heterocycles. The van der Waals surface area contributed by atoms with E-state index in [2.05, 4.69) is 27.7 Å². The molecule has 0 unspecified atom stereocenters. The fourth-order valence-electron chi connectivity index (χ4n) is 4.00. The van der Waals surface area contributed by atoms with Gasteiger partial charge < -0.3 is 14.2 Å². The van der Waals surface area contributed by atoms with Crippen LogP contribution in [0.5, 0.6) is 0 Å². The van der Waals surface area contributed by atoms with Gasteiger partial charge in [0.2, 0.25) is 0 Å². The minimum Gasteiger partial charge on any atom is -0.369 e. The standard InChI is InChI=1S/C15H24O3/c1-13(2)8-11-14(3,18-11)6-5-10-15(4,17-10)7-9-12(13)16-9/h9-12H,5-8H2,1-4H3/t9-,10+,11+,12-,14-,15-/m0/s1. The van der Waals surface area contributed by atoms with Crippen molar-refractivity contribution in [2.24, 2.45) is 5.41 Å². The summed E-state index contributed by atoms with van der Waals surface area (Å²) in [6.07, 6.45) is 6.18. The zero-order chi connectivity index (χ0) is 12.8. The first kappa shape index (κ1) is 11.7. The molecule has 0 bridgehead atoms. The van der Waals surface area contributed by atoms with Crippen molar-refractivity contribution in [1.29, 1.82) is 0 Å². The molecule has 0 radical (unpaired) electrons. The molecule has 1 aliphatic carbocycles. The van der Waals surface area contributed by atoms with Crippen molar-refractivity contribution < 1.29 is 14.2 Å². The highest BCUT2D eigenvalue weighted by molar-refractivity contribution is 5.12. The molecule has 4 aliphatic rings. The normalized spacial score (nSPS) is 60.7. The maximum absolute atomic E-state index is 5.97. The van der Waals surface area contributed by atoms with E-state index in [9.17, 15) is 0 Å². The highest BCUT2D eigenvalue weighted by Gasteiger charge is 2.64. The molecule has 0 amide bonds. The van der Waals surface area contributed by atoms with E-state index in [4.69, 9.17) is 14.2 Å². The van der Waals surface area contributed by atoms with Gasteiger partial charge in [0, 0.05) is 6.42 Å². The lowest BCUT2D eigenvalue weighted by Gasteiger charge is -2.22. The first-order chi connectivity index (χ1) is 8.32. The predicted molar refractivity (Wildman–Crippen MR) is 67.5 cm³/mol. The molecule has 1 saturated carbocycles. The lowest BCUT2D eigenvalue weighted by Crippen LogP contribution is -2.26. The molecule has 0 aromatic carbocycles. The van der Waals surface area contributed by atoms with E-state index in [0.29, 0.717) is 24.4 Å². The Morgan fingerprint density at radius 1 is 0.889 bits per heavy atom. The Kier molecular flexibility index (Phi) is 2.03. The van der Waals surface area contributed by atoms with E-state index in [1.54, 1.807) is 0 Å². The molecular weight excluding hydrogens is 228 g/mol. The minimum atomic E-state index is 0.0839. The Morgan fingerprint density at radius 2 is 1.61 bits per heavy atom. The maximum Gasteiger partial charge on any atom is 0.0946 e. The second kappa shape index (κ2) is 3.13. The zero-order valence-corrected chi connectivity index (χ0v) is 11.9. The maximum atomic E-state index is 5.97. The molecule has 3 saturated heterocycles. The predicted octanol–water partition coefficient (Wildman–Crippen LogP) is 2.67. The first-order valence-corrected chi connectivity index (χ1v) is 7.34. The van der Waals surface area contributed by atoms with Crippen LogP contribution in [0.4, 0.5) is 0 Å². The van der Waals surface area contributed by atoms with Crippen molar-refractivity contribution in [3.63, 3.8) is 0 Å². The smallest absolute Gasteiger partial charge is 0.0946 e. The molecule has 3 heteroatoms. The van der Waals surface area contributed by atoms with Crippen LogP contribution in [0.1, 0.15) is 53.4 Å². The van der Waals surface area contributed by atoms with E-state index in [1.807, 2.05) is 0 Å². The summed E-state index contributed by atoms with van der Waals surface area (Å²) < 4.78 is 17.8. The topological polar surface area (TPSA) is 37.6 Å². The van der Waals surface area contributed by atoms with Gasteiger partial charge in [-0.25, -0.2) is 0 Å². The van der Waals surface area contributed by atoms with Crippen molar-refractivity contribution in [3.05, 3.63) is 0 Å². The fraction of sp³-hybridized carbons (Fsp3) is 1.00. The molecule has 4 fully saturated rings. The number of hydrogen-bond donors (Lipinski definition) is 0. The summed E-state index contributed by atoms with van der Waals surface area (Å²) in [5.74, 6) is 0. The van der Waals surface area contributed by atoms with Crippen LogP contribution in [0, 0.1) is 5.41 Å². The van der Waals surface area contributed by atoms with Gasteiger partial charge >= 0.3 is 0 Å². The van der Waals surface area contributed by atoms with Gasteiger partial charge in [0.1, 0.15) is 0 Å². The van der Waals surface area contributed by atoms with Crippen LogP contribution in [0.2, 0.25) is 0 Å². The Bertz CT molecular complexity index is 393. The third-order valence-corrected chi connectivity index (χ3v) is 5.64. The van der Waals surface area contributed by atoms with Crippen molar-refractivity contribution in [3.8, 4) is 0 Å². The first-order valence-electron chi connectivity index (χ1n) is 7.34. The van der Waals surface area contributed by atoms with Crippen molar-refractivity contribution in [1.82, 2.24) is 0 Å². The van der Waals surface area contributed by atoms with Crippen LogP contribution in [0.25, 0.3) is 0 Å². The molecule has 0 spiro atoms. The van der Waals surface area contributed by atoms with E-state index >= 15 is 0 Å². The third kappa shape index (κ3) is 1.67. The molecule has 102 valence electrons. The van der Waals surface area contributed by atoms with Crippen LogP contribution < -0.4 is 0 Å². The van der Waals surface area contributed by atoms with Crippen molar-refractivity contribution in [2.75, 3.05) is 0 Å². The van der Waals surface area contributed by atoms with E-state index in [1.165, 1.54) is 0 Å². The number of epoxide rings is 3. The second-order valence-electron chi connectivity index (χ2n) is 7.87. The molecule has 0 aromatic rings. The van der Waals surface area contributed by atoms with Gasteiger partial charge in [0.15, 0.2) is 0 Å². The van der Waals surface area contributed by atoms with Crippen LogP contribution in [-0.2, 0) is 14.2 Å². The van der Waals surface area contributed by atoms with Crippen LogP contribution in [0.15, 0.2) is 0 Å². The largest absolute Gasteiger partial charge is 0.369 e. The molecule has 0 N–H and O–H groups in total. The van der Waals surface area contributed by atoms with Crippen molar-refractivity contribution >= 4 is 0 Å². The SMILES string of the molecule is CC1(C)C[C@H]2O[C@@]2(C)CC[C@H]2O[C@@]2(C)C[C@@H]2O[C@@H]21. The van der Waals surface area contributed by atoms with E-state index in [0.717, 1.165) is 25.7 Å². The fourth-order valence-corrected chi connectivity index (χ4v) is 4.00. The third-order valence-electron chi connectivity index (χ3n) is 5.64. The Hall–Kier alpha value is -0.120. The van der Waals surface area contributed by atoms with Crippen molar-refractivity contribution in [2.45, 2.75) is 89.0 Å². The molecular formula is C15H24O3. The van der Waals surface area contributed by atoms with Gasteiger partial charge in [0.25, 0.3) is 0 Å². The Labute approximate surface area is 109 Å². The quantitative estimate of drug-likeness (QED) is 0.622. The van der Waals surface area contributed by atoms with E-state index in [-0.39, 0.29) is 16.6 Å². The minimum absolute atomic E-state index is 0.0839.